The van der Waals surface area contributed by atoms with E-state index in [1.807, 2.05) is 29.2 Å². The molecule has 0 atom stereocenters. The molecule has 6 heteroatoms. The third-order valence-corrected chi connectivity index (χ3v) is 5.69. The first kappa shape index (κ1) is 19.4. The molecule has 0 saturated carbocycles. The number of nitrogens with one attached hydrogen (secondary N) is 1. The summed E-state index contributed by atoms with van der Waals surface area (Å²) in [6.45, 7) is 3.71. The Hall–Kier alpha value is -2.89. The van der Waals surface area contributed by atoms with Crippen molar-refractivity contribution in [2.24, 2.45) is 0 Å². The van der Waals surface area contributed by atoms with Gasteiger partial charge in [-0.3, -0.25) is 9.59 Å². The molecule has 2 aliphatic rings. The van der Waals surface area contributed by atoms with Crippen LogP contribution in [-0.4, -0.2) is 47.9 Å². The van der Waals surface area contributed by atoms with Gasteiger partial charge in [-0.05, 0) is 62.1 Å². The molecular weight excluding hydrogens is 364 g/mol. The number of anilines is 2. The molecule has 0 bridgehead atoms. The summed E-state index contributed by atoms with van der Waals surface area (Å²) in [7, 11) is 0. The minimum atomic E-state index is -0.301. The first-order valence-electron chi connectivity index (χ1n) is 10.6. The molecule has 29 heavy (non-hydrogen) atoms. The van der Waals surface area contributed by atoms with Gasteiger partial charge in [0.05, 0.1) is 0 Å². The highest BCUT2D eigenvalue weighted by atomic mass is 16.2. The Bertz CT molecular complexity index is 851. The Morgan fingerprint density at radius 1 is 0.759 bits per heavy atom. The number of likely N-dealkylation sites (tertiary alicyclic amines) is 1. The van der Waals surface area contributed by atoms with Crippen LogP contribution in [0.4, 0.5) is 11.4 Å². The molecule has 2 fully saturated rings. The van der Waals surface area contributed by atoms with Gasteiger partial charge in [0, 0.05) is 37.6 Å². The fraction of sp³-hybridized carbons (Fsp3) is 0.435. The van der Waals surface area contributed by atoms with Crippen molar-refractivity contribution in [3.8, 4) is 0 Å². The van der Waals surface area contributed by atoms with E-state index in [4.69, 9.17) is 0 Å². The van der Waals surface area contributed by atoms with Crippen LogP contribution >= 0.6 is 0 Å². The normalized spacial score (nSPS) is 17.1. The second-order valence-corrected chi connectivity index (χ2v) is 7.81. The molecule has 2 amide bonds. The van der Waals surface area contributed by atoms with Crippen molar-refractivity contribution in [1.29, 1.82) is 0 Å². The monoisotopic (exact) mass is 392 g/mol. The highest BCUT2D eigenvalue weighted by Gasteiger charge is 2.20. The van der Waals surface area contributed by atoms with Crippen molar-refractivity contribution in [3.05, 3.63) is 53.9 Å². The molecule has 1 aromatic heterocycles. The fourth-order valence-electron chi connectivity index (χ4n) is 4.04. The minimum absolute atomic E-state index is 0.0866. The minimum Gasteiger partial charge on any atom is -0.372 e. The third-order valence-electron chi connectivity index (χ3n) is 5.69. The second-order valence-electron chi connectivity index (χ2n) is 7.81. The van der Waals surface area contributed by atoms with Crippen molar-refractivity contribution >= 4 is 23.2 Å². The first-order valence-corrected chi connectivity index (χ1v) is 10.6. The lowest BCUT2D eigenvalue weighted by Crippen LogP contribution is -2.32. The molecule has 2 saturated heterocycles. The lowest BCUT2D eigenvalue weighted by Gasteiger charge is -2.20. The van der Waals surface area contributed by atoms with Gasteiger partial charge in [-0.15, -0.1) is 0 Å². The standard InChI is InChI=1S/C23H28N4O2/c28-22(24-18-10-12-19(13-11-18)26-14-5-6-15-26)20-8-7-9-21(25-20)23(29)27-16-3-1-2-4-17-27/h7-13H,1-6,14-17H2,(H,24,28). The van der Waals surface area contributed by atoms with Gasteiger partial charge in [0.25, 0.3) is 11.8 Å². The smallest absolute Gasteiger partial charge is 0.274 e. The van der Waals surface area contributed by atoms with Crippen molar-refractivity contribution in [2.45, 2.75) is 38.5 Å². The number of hydrogen-bond acceptors (Lipinski definition) is 4. The summed E-state index contributed by atoms with van der Waals surface area (Å²) >= 11 is 0. The van der Waals surface area contributed by atoms with Crippen LogP contribution in [0.1, 0.15) is 59.5 Å². The van der Waals surface area contributed by atoms with Gasteiger partial charge in [-0.2, -0.15) is 0 Å². The zero-order valence-corrected chi connectivity index (χ0v) is 16.8. The summed E-state index contributed by atoms with van der Waals surface area (Å²) in [5.41, 5.74) is 2.51. The maximum Gasteiger partial charge on any atom is 0.274 e. The highest BCUT2D eigenvalue weighted by molar-refractivity contribution is 6.04. The van der Waals surface area contributed by atoms with Crippen molar-refractivity contribution < 1.29 is 9.59 Å². The third kappa shape index (κ3) is 4.75. The number of aromatic nitrogens is 1. The summed E-state index contributed by atoms with van der Waals surface area (Å²) in [4.78, 5) is 34.0. The Morgan fingerprint density at radius 3 is 2.07 bits per heavy atom. The molecule has 1 N–H and O–H groups in total. The average Bonchev–Trinajstić information content (AvgIpc) is 3.16. The molecule has 6 nitrogen and oxygen atoms in total. The summed E-state index contributed by atoms with van der Waals surface area (Å²) in [5, 5.41) is 2.89. The van der Waals surface area contributed by atoms with Gasteiger partial charge in [-0.1, -0.05) is 18.9 Å². The molecule has 0 radical (unpaired) electrons. The van der Waals surface area contributed by atoms with Gasteiger partial charge < -0.3 is 15.1 Å². The quantitative estimate of drug-likeness (QED) is 0.856. The van der Waals surface area contributed by atoms with E-state index in [9.17, 15) is 9.59 Å². The Balaban J connectivity index is 1.42. The lowest BCUT2D eigenvalue weighted by molar-refractivity contribution is 0.0755. The summed E-state index contributed by atoms with van der Waals surface area (Å²) in [5.74, 6) is -0.388. The molecule has 152 valence electrons. The van der Waals surface area contributed by atoms with Crippen LogP contribution in [0.5, 0.6) is 0 Å². The van der Waals surface area contributed by atoms with E-state index in [-0.39, 0.29) is 17.5 Å². The van der Waals surface area contributed by atoms with Crippen molar-refractivity contribution in [2.75, 3.05) is 36.4 Å². The Kier molecular flexibility index (Phi) is 6.08. The zero-order chi connectivity index (χ0) is 20.1. The SMILES string of the molecule is O=C(Nc1ccc(N2CCCC2)cc1)c1cccc(C(=O)N2CCCCCC2)n1. The number of nitrogens with zero attached hydrogens (tertiary/aromatic N) is 3. The van der Waals surface area contributed by atoms with E-state index >= 15 is 0 Å². The fourth-order valence-corrected chi connectivity index (χ4v) is 4.04. The molecule has 0 aliphatic carbocycles. The first-order chi connectivity index (χ1) is 14.2. The highest BCUT2D eigenvalue weighted by Crippen LogP contribution is 2.22. The average molecular weight is 393 g/mol. The number of carbonyl (C=O) groups is 2. The largest absolute Gasteiger partial charge is 0.372 e. The Morgan fingerprint density at radius 2 is 1.38 bits per heavy atom. The van der Waals surface area contributed by atoms with Crippen LogP contribution in [0.25, 0.3) is 0 Å². The number of rotatable bonds is 4. The van der Waals surface area contributed by atoms with Crippen LogP contribution in [0.15, 0.2) is 42.5 Å². The van der Waals surface area contributed by atoms with Crippen LogP contribution < -0.4 is 10.2 Å². The number of benzene rings is 1. The van der Waals surface area contributed by atoms with E-state index < -0.39 is 0 Å². The predicted molar refractivity (Wildman–Crippen MR) is 114 cm³/mol. The number of pyridine rings is 1. The number of carbonyl (C=O) groups excluding carboxylic acids is 2. The maximum atomic E-state index is 12.8. The van der Waals surface area contributed by atoms with E-state index in [0.29, 0.717) is 5.69 Å². The molecule has 0 unspecified atom stereocenters. The van der Waals surface area contributed by atoms with Crippen molar-refractivity contribution in [1.82, 2.24) is 9.88 Å². The summed E-state index contributed by atoms with van der Waals surface area (Å²) < 4.78 is 0. The van der Waals surface area contributed by atoms with Gasteiger partial charge in [0.15, 0.2) is 0 Å². The Labute approximate surface area is 171 Å². The van der Waals surface area contributed by atoms with E-state index in [1.165, 1.54) is 18.5 Å². The molecule has 0 spiro atoms. The van der Waals surface area contributed by atoms with E-state index in [1.54, 1.807) is 18.2 Å². The van der Waals surface area contributed by atoms with Crippen molar-refractivity contribution in [3.63, 3.8) is 0 Å². The van der Waals surface area contributed by atoms with Gasteiger partial charge in [-0.25, -0.2) is 4.98 Å². The van der Waals surface area contributed by atoms with Gasteiger partial charge >= 0.3 is 0 Å². The molecule has 2 aromatic rings. The molecule has 1 aromatic carbocycles. The number of hydrogen-bond donors (Lipinski definition) is 1. The predicted octanol–water partition coefficient (Wildman–Crippen LogP) is 3.95. The van der Waals surface area contributed by atoms with Crippen LogP contribution in [0.2, 0.25) is 0 Å². The summed E-state index contributed by atoms with van der Waals surface area (Å²) in [6.07, 6.45) is 6.85. The second kappa shape index (κ2) is 9.07. The van der Waals surface area contributed by atoms with E-state index in [0.717, 1.165) is 57.5 Å². The maximum absolute atomic E-state index is 12.8. The molecule has 2 aliphatic heterocycles. The molecule has 3 heterocycles. The topological polar surface area (TPSA) is 65.5 Å². The summed E-state index contributed by atoms with van der Waals surface area (Å²) in [6, 6.07) is 13.0. The molecule has 4 rings (SSSR count). The van der Waals surface area contributed by atoms with Crippen LogP contribution in [0.3, 0.4) is 0 Å². The number of amides is 2. The molecular formula is C23H28N4O2. The van der Waals surface area contributed by atoms with Gasteiger partial charge in [0.2, 0.25) is 0 Å². The van der Waals surface area contributed by atoms with E-state index in [2.05, 4.69) is 15.2 Å². The van der Waals surface area contributed by atoms with Gasteiger partial charge in [0.1, 0.15) is 11.4 Å². The van der Waals surface area contributed by atoms with Crippen LogP contribution in [0, 0.1) is 0 Å². The zero-order valence-electron chi connectivity index (χ0n) is 16.8. The lowest BCUT2D eigenvalue weighted by atomic mass is 10.2. The van der Waals surface area contributed by atoms with Crippen LogP contribution in [-0.2, 0) is 0 Å².